The van der Waals surface area contributed by atoms with E-state index in [1.165, 1.54) is 12.8 Å². The van der Waals surface area contributed by atoms with E-state index in [-0.39, 0.29) is 6.04 Å². The average Bonchev–Trinajstić information content (AvgIpc) is 2.39. The van der Waals surface area contributed by atoms with Crippen molar-refractivity contribution in [1.82, 2.24) is 4.90 Å². The highest BCUT2D eigenvalue weighted by Gasteiger charge is 2.34. The molecular weight excluding hydrogens is 242 g/mol. The molecule has 4 heteroatoms. The van der Waals surface area contributed by atoms with Gasteiger partial charge in [-0.1, -0.05) is 20.3 Å². The standard InChI is InChI=1S/C15H27NO3/c1-11(2)14-9-13(6-8-19-14)16-7-4-3-5-12(16)10-15(17)18/h11-14H,3-10H2,1-2H3,(H,17,18). The molecule has 0 spiro atoms. The molecule has 110 valence electrons. The van der Waals surface area contributed by atoms with Gasteiger partial charge in [-0.15, -0.1) is 0 Å². The molecule has 4 nitrogen and oxygen atoms in total. The number of piperidine rings is 1. The zero-order valence-electron chi connectivity index (χ0n) is 12.2. The molecule has 0 aromatic rings. The highest BCUT2D eigenvalue weighted by molar-refractivity contribution is 5.67. The summed E-state index contributed by atoms with van der Waals surface area (Å²) in [6, 6.07) is 0.757. The van der Waals surface area contributed by atoms with Crippen molar-refractivity contribution in [3.8, 4) is 0 Å². The largest absolute Gasteiger partial charge is 0.481 e. The third kappa shape index (κ3) is 3.93. The Morgan fingerprint density at radius 1 is 1.37 bits per heavy atom. The molecule has 19 heavy (non-hydrogen) atoms. The van der Waals surface area contributed by atoms with Gasteiger partial charge >= 0.3 is 5.97 Å². The highest BCUT2D eigenvalue weighted by Crippen LogP contribution is 2.30. The molecule has 0 radical (unpaired) electrons. The van der Waals surface area contributed by atoms with Crippen LogP contribution in [0.3, 0.4) is 0 Å². The number of nitrogens with zero attached hydrogens (tertiary/aromatic N) is 1. The fourth-order valence-corrected chi connectivity index (χ4v) is 3.50. The SMILES string of the molecule is CC(C)C1CC(N2CCCCC2CC(=O)O)CCO1. The molecule has 0 saturated carbocycles. The summed E-state index contributed by atoms with van der Waals surface area (Å²) in [5.41, 5.74) is 0. The van der Waals surface area contributed by atoms with Crippen LogP contribution >= 0.6 is 0 Å². The third-order valence-corrected chi connectivity index (χ3v) is 4.58. The van der Waals surface area contributed by atoms with Gasteiger partial charge in [0, 0.05) is 18.7 Å². The van der Waals surface area contributed by atoms with Crippen LogP contribution in [-0.4, -0.2) is 47.3 Å². The van der Waals surface area contributed by atoms with Crippen LogP contribution in [0.15, 0.2) is 0 Å². The van der Waals surface area contributed by atoms with E-state index < -0.39 is 5.97 Å². The number of hydrogen-bond donors (Lipinski definition) is 1. The molecule has 0 bridgehead atoms. The van der Waals surface area contributed by atoms with Gasteiger partial charge in [0.2, 0.25) is 0 Å². The molecule has 0 aromatic carbocycles. The molecule has 0 amide bonds. The predicted octanol–water partition coefficient (Wildman–Crippen LogP) is 2.52. The van der Waals surface area contributed by atoms with E-state index in [4.69, 9.17) is 9.84 Å². The summed E-state index contributed by atoms with van der Waals surface area (Å²) in [4.78, 5) is 13.5. The molecule has 3 atom stereocenters. The summed E-state index contributed by atoms with van der Waals surface area (Å²) >= 11 is 0. The molecule has 2 heterocycles. The maximum Gasteiger partial charge on any atom is 0.304 e. The van der Waals surface area contributed by atoms with E-state index in [0.717, 1.165) is 32.4 Å². The van der Waals surface area contributed by atoms with E-state index in [9.17, 15) is 4.79 Å². The maximum absolute atomic E-state index is 11.0. The van der Waals surface area contributed by atoms with Crippen molar-refractivity contribution >= 4 is 5.97 Å². The lowest BCUT2D eigenvalue weighted by molar-refractivity contribution is -0.139. The van der Waals surface area contributed by atoms with Crippen LogP contribution in [0, 0.1) is 5.92 Å². The molecule has 0 aromatic heterocycles. The molecular formula is C15H27NO3. The van der Waals surface area contributed by atoms with Crippen molar-refractivity contribution in [2.45, 2.75) is 70.6 Å². The van der Waals surface area contributed by atoms with Crippen molar-refractivity contribution in [3.05, 3.63) is 0 Å². The second-order valence-electron chi connectivity index (χ2n) is 6.32. The van der Waals surface area contributed by atoms with Crippen molar-refractivity contribution in [2.75, 3.05) is 13.2 Å². The number of hydrogen-bond acceptors (Lipinski definition) is 3. The Kier molecular flexibility index (Phi) is 5.22. The van der Waals surface area contributed by atoms with Gasteiger partial charge in [-0.25, -0.2) is 0 Å². The average molecular weight is 269 g/mol. The summed E-state index contributed by atoms with van der Waals surface area (Å²) in [7, 11) is 0. The van der Waals surface area contributed by atoms with Crippen molar-refractivity contribution in [2.24, 2.45) is 5.92 Å². The summed E-state index contributed by atoms with van der Waals surface area (Å²) < 4.78 is 5.83. The van der Waals surface area contributed by atoms with E-state index >= 15 is 0 Å². The number of rotatable bonds is 4. The molecule has 2 aliphatic rings. The van der Waals surface area contributed by atoms with E-state index in [2.05, 4.69) is 18.7 Å². The first-order valence-corrected chi connectivity index (χ1v) is 7.67. The molecule has 2 rings (SSSR count). The number of aliphatic carboxylic acids is 1. The predicted molar refractivity (Wildman–Crippen MR) is 74.2 cm³/mol. The Bertz CT molecular complexity index is 306. The van der Waals surface area contributed by atoms with Gasteiger partial charge in [0.15, 0.2) is 0 Å². The maximum atomic E-state index is 11.0. The van der Waals surface area contributed by atoms with E-state index in [0.29, 0.717) is 24.5 Å². The highest BCUT2D eigenvalue weighted by atomic mass is 16.5. The van der Waals surface area contributed by atoms with Gasteiger partial charge in [-0.3, -0.25) is 9.69 Å². The number of carboxylic acid groups (broad SMARTS) is 1. The summed E-state index contributed by atoms with van der Waals surface area (Å²) in [5, 5.41) is 9.07. The minimum Gasteiger partial charge on any atom is -0.481 e. The van der Waals surface area contributed by atoms with E-state index in [1.54, 1.807) is 0 Å². The Balaban J connectivity index is 1.98. The number of likely N-dealkylation sites (tertiary alicyclic amines) is 1. The lowest BCUT2D eigenvalue weighted by atomic mass is 9.90. The molecule has 2 saturated heterocycles. The summed E-state index contributed by atoms with van der Waals surface area (Å²) in [6.07, 6.45) is 6.17. The quantitative estimate of drug-likeness (QED) is 0.852. The van der Waals surface area contributed by atoms with Gasteiger partial charge in [-0.05, 0) is 38.1 Å². The van der Waals surface area contributed by atoms with Crippen LogP contribution in [0.4, 0.5) is 0 Å². The zero-order valence-corrected chi connectivity index (χ0v) is 12.2. The van der Waals surface area contributed by atoms with Crippen molar-refractivity contribution < 1.29 is 14.6 Å². The first-order chi connectivity index (χ1) is 9.08. The Morgan fingerprint density at radius 2 is 2.16 bits per heavy atom. The van der Waals surface area contributed by atoms with E-state index in [1.807, 2.05) is 0 Å². The fourth-order valence-electron chi connectivity index (χ4n) is 3.50. The lowest BCUT2D eigenvalue weighted by Crippen LogP contribution is -2.51. The fraction of sp³-hybridized carbons (Fsp3) is 0.933. The lowest BCUT2D eigenvalue weighted by Gasteiger charge is -2.44. The van der Waals surface area contributed by atoms with Gasteiger partial charge in [-0.2, -0.15) is 0 Å². The smallest absolute Gasteiger partial charge is 0.304 e. The second-order valence-corrected chi connectivity index (χ2v) is 6.32. The van der Waals surface area contributed by atoms with Crippen molar-refractivity contribution in [3.63, 3.8) is 0 Å². The van der Waals surface area contributed by atoms with Crippen molar-refractivity contribution in [1.29, 1.82) is 0 Å². The Labute approximate surface area is 116 Å². The van der Waals surface area contributed by atoms with Crippen LogP contribution < -0.4 is 0 Å². The van der Waals surface area contributed by atoms with Crippen LogP contribution in [0.5, 0.6) is 0 Å². The molecule has 2 fully saturated rings. The van der Waals surface area contributed by atoms with Gasteiger partial charge < -0.3 is 9.84 Å². The minimum absolute atomic E-state index is 0.238. The third-order valence-electron chi connectivity index (χ3n) is 4.58. The minimum atomic E-state index is -0.663. The van der Waals surface area contributed by atoms with Crippen LogP contribution in [0.25, 0.3) is 0 Å². The number of carboxylic acids is 1. The first-order valence-electron chi connectivity index (χ1n) is 7.67. The number of ether oxygens (including phenoxy) is 1. The first kappa shape index (κ1) is 14.8. The Morgan fingerprint density at radius 3 is 2.84 bits per heavy atom. The number of carbonyl (C=O) groups is 1. The molecule has 1 N–H and O–H groups in total. The van der Waals surface area contributed by atoms with Gasteiger partial charge in [0.05, 0.1) is 12.5 Å². The van der Waals surface area contributed by atoms with Crippen LogP contribution in [-0.2, 0) is 9.53 Å². The summed E-state index contributed by atoms with van der Waals surface area (Å²) in [5.74, 6) is -0.116. The topological polar surface area (TPSA) is 49.8 Å². The van der Waals surface area contributed by atoms with Crippen LogP contribution in [0.1, 0.15) is 52.4 Å². The summed E-state index contributed by atoms with van der Waals surface area (Å²) in [6.45, 7) is 6.30. The normalized spacial score (nSPS) is 33.5. The molecule has 3 unspecified atom stereocenters. The van der Waals surface area contributed by atoms with Gasteiger partial charge in [0.25, 0.3) is 0 Å². The second kappa shape index (κ2) is 6.71. The van der Waals surface area contributed by atoms with Gasteiger partial charge in [0.1, 0.15) is 0 Å². The zero-order chi connectivity index (χ0) is 13.8. The Hall–Kier alpha value is -0.610. The van der Waals surface area contributed by atoms with Crippen LogP contribution in [0.2, 0.25) is 0 Å². The monoisotopic (exact) mass is 269 g/mol. The molecule has 2 aliphatic heterocycles. The molecule has 0 aliphatic carbocycles.